The minimum atomic E-state index is -0.883. The summed E-state index contributed by atoms with van der Waals surface area (Å²) in [7, 11) is 1.44. The number of ether oxygens (including phenoxy) is 1. The van der Waals surface area contributed by atoms with Gasteiger partial charge >= 0.3 is 0 Å². The lowest BCUT2D eigenvalue weighted by atomic mass is 10.1. The number of aryl methyl sites for hydroxylation is 1. The minimum Gasteiger partial charge on any atom is -0.377 e. The number of rotatable bonds is 5. The Morgan fingerprint density at radius 3 is 2.67 bits per heavy atom. The molecule has 0 aliphatic heterocycles. The van der Waals surface area contributed by atoms with Gasteiger partial charge in [0.1, 0.15) is 6.61 Å². The van der Waals surface area contributed by atoms with Crippen molar-refractivity contribution in [1.82, 2.24) is 0 Å². The second kappa shape index (κ2) is 5.56. The first-order chi connectivity index (χ1) is 7.13. The monoisotopic (exact) mass is 214 g/mol. The molecule has 0 N–H and O–H groups in total. The molecule has 0 bridgehead atoms. The maximum Gasteiger partial charge on any atom is 0.159 e. The van der Waals surface area contributed by atoms with Crippen molar-refractivity contribution in [2.24, 2.45) is 0 Å². The van der Waals surface area contributed by atoms with Gasteiger partial charge in [0.25, 0.3) is 0 Å². The van der Waals surface area contributed by atoms with Crippen LogP contribution in [-0.4, -0.2) is 19.5 Å². The molecule has 2 nitrogen and oxygen atoms in total. The third-order valence-electron chi connectivity index (χ3n) is 1.98. The molecule has 0 aliphatic carbocycles. The van der Waals surface area contributed by atoms with E-state index in [1.54, 1.807) is 0 Å². The number of carbonyl (C=O) groups excluding carboxylic acids is 1. The topological polar surface area (TPSA) is 26.3 Å². The van der Waals surface area contributed by atoms with Gasteiger partial charge in [-0.1, -0.05) is 6.07 Å². The fourth-order valence-electron chi connectivity index (χ4n) is 1.21. The molecule has 15 heavy (non-hydrogen) atoms. The van der Waals surface area contributed by atoms with Gasteiger partial charge < -0.3 is 4.74 Å². The molecule has 0 unspecified atom stereocenters. The summed E-state index contributed by atoms with van der Waals surface area (Å²) in [5.41, 5.74) is 0.610. The van der Waals surface area contributed by atoms with Crippen LogP contribution in [0.3, 0.4) is 0 Å². The van der Waals surface area contributed by atoms with Crippen LogP contribution in [0.15, 0.2) is 18.2 Å². The van der Waals surface area contributed by atoms with Crippen molar-refractivity contribution in [2.45, 2.75) is 12.8 Å². The predicted octanol–water partition coefficient (Wildman–Crippen LogP) is 2.11. The Bertz CT molecular complexity index is 350. The summed E-state index contributed by atoms with van der Waals surface area (Å²) >= 11 is 0. The number of benzene rings is 1. The first-order valence-electron chi connectivity index (χ1n) is 4.58. The van der Waals surface area contributed by atoms with E-state index < -0.39 is 11.6 Å². The summed E-state index contributed by atoms with van der Waals surface area (Å²) in [6.45, 7) is 0.0592. The van der Waals surface area contributed by atoms with Crippen molar-refractivity contribution >= 4 is 5.78 Å². The van der Waals surface area contributed by atoms with Gasteiger partial charge in [-0.05, 0) is 24.1 Å². The molecule has 0 spiro atoms. The summed E-state index contributed by atoms with van der Waals surface area (Å²) < 4.78 is 30.0. The summed E-state index contributed by atoms with van der Waals surface area (Å²) in [6.07, 6.45) is 0.679. The maximum absolute atomic E-state index is 12.8. The third kappa shape index (κ3) is 3.75. The van der Waals surface area contributed by atoms with Crippen LogP contribution in [0, 0.1) is 11.6 Å². The number of Topliss-reactive ketones (excluding diaryl/α,β-unsaturated/α-hetero) is 1. The second-order valence-corrected chi connectivity index (χ2v) is 3.22. The summed E-state index contributed by atoms with van der Waals surface area (Å²) in [5.74, 6) is -1.81. The zero-order chi connectivity index (χ0) is 11.3. The summed E-state index contributed by atoms with van der Waals surface area (Å²) in [5, 5.41) is 0. The molecule has 0 amide bonds. The van der Waals surface area contributed by atoms with Crippen molar-refractivity contribution in [3.63, 3.8) is 0 Å². The van der Waals surface area contributed by atoms with Gasteiger partial charge in [0.05, 0.1) is 0 Å². The van der Waals surface area contributed by atoms with Crippen molar-refractivity contribution < 1.29 is 18.3 Å². The number of hydrogen-bond donors (Lipinski definition) is 0. The Hall–Kier alpha value is -1.29. The first-order valence-corrected chi connectivity index (χ1v) is 4.58. The highest BCUT2D eigenvalue weighted by Gasteiger charge is 2.05. The van der Waals surface area contributed by atoms with Crippen molar-refractivity contribution in [1.29, 1.82) is 0 Å². The molecule has 1 aromatic carbocycles. The van der Waals surface area contributed by atoms with E-state index in [1.165, 1.54) is 13.2 Å². The van der Waals surface area contributed by atoms with E-state index in [1.807, 2.05) is 0 Å². The molecule has 0 aromatic heterocycles. The Balaban J connectivity index is 2.51. The molecular weight excluding hydrogens is 202 g/mol. The molecule has 4 heteroatoms. The van der Waals surface area contributed by atoms with Crippen LogP contribution in [-0.2, 0) is 16.0 Å². The fraction of sp³-hybridized carbons (Fsp3) is 0.364. The molecule has 1 rings (SSSR count). The number of methoxy groups -OCH3 is 1. The highest BCUT2D eigenvalue weighted by molar-refractivity contribution is 5.79. The summed E-state index contributed by atoms with van der Waals surface area (Å²) in [6, 6.07) is 3.64. The molecule has 0 saturated heterocycles. The Morgan fingerprint density at radius 1 is 1.33 bits per heavy atom. The van der Waals surface area contributed by atoms with Gasteiger partial charge in [-0.2, -0.15) is 0 Å². The van der Waals surface area contributed by atoms with Gasteiger partial charge in [-0.15, -0.1) is 0 Å². The Morgan fingerprint density at radius 2 is 2.07 bits per heavy atom. The van der Waals surface area contributed by atoms with E-state index in [0.29, 0.717) is 12.0 Å². The lowest BCUT2D eigenvalue weighted by molar-refractivity contribution is -0.122. The highest BCUT2D eigenvalue weighted by Crippen LogP contribution is 2.10. The highest BCUT2D eigenvalue weighted by atomic mass is 19.2. The Kier molecular flexibility index (Phi) is 4.37. The fourth-order valence-corrected chi connectivity index (χ4v) is 1.21. The molecule has 0 fully saturated rings. The average molecular weight is 214 g/mol. The lowest BCUT2D eigenvalue weighted by Crippen LogP contribution is -2.07. The zero-order valence-electron chi connectivity index (χ0n) is 8.43. The molecular formula is C11H12F2O2. The molecule has 0 heterocycles. The van der Waals surface area contributed by atoms with Crippen molar-refractivity contribution in [3.8, 4) is 0 Å². The minimum absolute atomic E-state index is 0.0535. The van der Waals surface area contributed by atoms with E-state index in [4.69, 9.17) is 0 Å². The van der Waals surface area contributed by atoms with E-state index in [9.17, 15) is 13.6 Å². The van der Waals surface area contributed by atoms with Crippen LogP contribution in [0.5, 0.6) is 0 Å². The first kappa shape index (κ1) is 11.8. The maximum atomic E-state index is 12.8. The molecule has 0 atom stereocenters. The van der Waals surface area contributed by atoms with Crippen LogP contribution in [0.4, 0.5) is 8.78 Å². The van der Waals surface area contributed by atoms with Crippen LogP contribution < -0.4 is 0 Å². The van der Waals surface area contributed by atoms with Crippen molar-refractivity contribution in [2.75, 3.05) is 13.7 Å². The summed E-state index contributed by atoms with van der Waals surface area (Å²) in [4.78, 5) is 11.1. The van der Waals surface area contributed by atoms with E-state index in [2.05, 4.69) is 4.74 Å². The van der Waals surface area contributed by atoms with Gasteiger partial charge in [0.15, 0.2) is 17.4 Å². The molecule has 1 aromatic rings. The average Bonchev–Trinajstić information content (AvgIpc) is 2.20. The van der Waals surface area contributed by atoms with Crippen LogP contribution in [0.1, 0.15) is 12.0 Å². The van der Waals surface area contributed by atoms with Gasteiger partial charge in [0.2, 0.25) is 0 Å². The number of ketones is 1. The van der Waals surface area contributed by atoms with Gasteiger partial charge in [-0.25, -0.2) is 8.78 Å². The second-order valence-electron chi connectivity index (χ2n) is 3.22. The zero-order valence-corrected chi connectivity index (χ0v) is 8.43. The number of hydrogen-bond acceptors (Lipinski definition) is 2. The largest absolute Gasteiger partial charge is 0.377 e. The molecule has 0 aliphatic rings. The van der Waals surface area contributed by atoms with Crippen LogP contribution in [0.25, 0.3) is 0 Å². The smallest absolute Gasteiger partial charge is 0.159 e. The van der Waals surface area contributed by atoms with Crippen molar-refractivity contribution in [3.05, 3.63) is 35.4 Å². The van der Waals surface area contributed by atoms with E-state index >= 15 is 0 Å². The number of carbonyl (C=O) groups is 1. The van der Waals surface area contributed by atoms with E-state index in [0.717, 1.165) is 12.1 Å². The molecule has 0 saturated carbocycles. The van der Waals surface area contributed by atoms with Crippen LogP contribution in [0.2, 0.25) is 0 Å². The Labute approximate surface area is 86.9 Å². The standard InChI is InChI=1S/C11H12F2O2/c1-15-7-9(14)4-2-8-3-5-10(12)11(13)6-8/h3,5-6H,2,4,7H2,1H3. The lowest BCUT2D eigenvalue weighted by Gasteiger charge is -2.01. The third-order valence-corrected chi connectivity index (χ3v) is 1.98. The van der Waals surface area contributed by atoms with Gasteiger partial charge in [0, 0.05) is 13.5 Å². The quantitative estimate of drug-likeness (QED) is 0.750. The number of halogens is 2. The SMILES string of the molecule is COCC(=O)CCc1ccc(F)c(F)c1. The predicted molar refractivity (Wildman–Crippen MR) is 51.6 cm³/mol. The van der Waals surface area contributed by atoms with Crippen LogP contribution >= 0.6 is 0 Å². The molecule has 0 radical (unpaired) electrons. The van der Waals surface area contributed by atoms with E-state index in [-0.39, 0.29) is 18.8 Å². The van der Waals surface area contributed by atoms with Gasteiger partial charge in [-0.3, -0.25) is 4.79 Å². The molecule has 82 valence electrons. The normalized spacial score (nSPS) is 10.3.